The number of fused-ring (bicyclic) bond motifs is 1. The third-order valence-corrected chi connectivity index (χ3v) is 5.43. The summed E-state index contributed by atoms with van der Waals surface area (Å²) in [6.07, 6.45) is 4.42. The summed E-state index contributed by atoms with van der Waals surface area (Å²) < 4.78 is 13.0. The lowest BCUT2D eigenvalue weighted by Gasteiger charge is -2.35. The van der Waals surface area contributed by atoms with Crippen LogP contribution in [0.25, 0.3) is 0 Å². The van der Waals surface area contributed by atoms with E-state index in [4.69, 9.17) is 0 Å². The third-order valence-electron chi connectivity index (χ3n) is 5.43. The van der Waals surface area contributed by atoms with Crippen LogP contribution in [0.3, 0.4) is 0 Å². The lowest BCUT2D eigenvalue weighted by Crippen LogP contribution is -2.43. The molecule has 0 radical (unpaired) electrons. The van der Waals surface area contributed by atoms with E-state index in [1.54, 1.807) is 12.4 Å². The summed E-state index contributed by atoms with van der Waals surface area (Å²) in [5.74, 6) is -1.94. The molecule has 158 valence electrons. The number of anilines is 1. The van der Waals surface area contributed by atoms with Gasteiger partial charge in [0.25, 0.3) is 0 Å². The molecule has 0 fully saturated rings. The number of carbonyl (C=O) groups is 2. The minimum absolute atomic E-state index is 0.121. The number of hydrogen-bond donors (Lipinski definition) is 2. The van der Waals surface area contributed by atoms with Crippen LogP contribution in [0.2, 0.25) is 0 Å². The molecule has 4 rings (SSSR count). The number of nitrogens with one attached hydrogen (secondary N) is 2. The van der Waals surface area contributed by atoms with Crippen molar-refractivity contribution in [3.8, 4) is 0 Å². The molecule has 1 aliphatic rings. The smallest absolute Gasteiger partial charge is 0.313 e. The van der Waals surface area contributed by atoms with Gasteiger partial charge in [-0.25, -0.2) is 4.39 Å². The van der Waals surface area contributed by atoms with Gasteiger partial charge in [-0.15, -0.1) is 0 Å². The van der Waals surface area contributed by atoms with Crippen LogP contribution >= 0.6 is 0 Å². The van der Waals surface area contributed by atoms with Crippen molar-refractivity contribution in [1.82, 2.24) is 15.2 Å². The number of rotatable bonds is 5. The van der Waals surface area contributed by atoms with Gasteiger partial charge in [0.05, 0.1) is 6.04 Å². The fraction of sp³-hybridized carbons (Fsp3) is 0.208. The predicted octanol–water partition coefficient (Wildman–Crippen LogP) is 3.08. The molecule has 2 N–H and O–H groups in total. The summed E-state index contributed by atoms with van der Waals surface area (Å²) >= 11 is 0. The number of benzene rings is 2. The molecule has 31 heavy (non-hydrogen) atoms. The number of aromatic nitrogens is 1. The maximum absolute atomic E-state index is 13.0. The van der Waals surface area contributed by atoms with Gasteiger partial charge in [0.2, 0.25) is 0 Å². The van der Waals surface area contributed by atoms with Gasteiger partial charge in [0, 0.05) is 37.7 Å². The molecule has 6 nitrogen and oxygen atoms in total. The standard InChI is InChI=1S/C24H23FN4O2/c25-20-7-9-21(10-8-20)28-24(31)23(30)27-15-22(18-6-3-12-26-14-18)29-13-11-17-4-1-2-5-19(17)16-29/h1-10,12,14,22H,11,13,15-16H2,(H,27,30)(H,28,31)/t22-/m0/s1. The zero-order valence-electron chi connectivity index (χ0n) is 16.9. The molecule has 1 atom stereocenters. The average molecular weight is 418 g/mol. The highest BCUT2D eigenvalue weighted by molar-refractivity contribution is 6.39. The molecule has 7 heteroatoms. The van der Waals surface area contributed by atoms with Crippen LogP contribution in [0.15, 0.2) is 73.1 Å². The molecule has 2 heterocycles. The fourth-order valence-electron chi connectivity index (χ4n) is 3.81. The lowest BCUT2D eigenvalue weighted by atomic mass is 9.97. The highest BCUT2D eigenvalue weighted by atomic mass is 19.1. The normalized spacial score (nSPS) is 14.4. The second-order valence-electron chi connectivity index (χ2n) is 7.46. The zero-order valence-corrected chi connectivity index (χ0v) is 16.9. The molecule has 0 saturated heterocycles. The van der Waals surface area contributed by atoms with Gasteiger partial charge in [-0.3, -0.25) is 19.5 Å². The molecule has 1 aromatic heterocycles. The van der Waals surface area contributed by atoms with E-state index in [-0.39, 0.29) is 12.6 Å². The largest absolute Gasteiger partial charge is 0.346 e. The summed E-state index contributed by atoms with van der Waals surface area (Å²) in [7, 11) is 0. The Kier molecular flexibility index (Phi) is 6.33. The van der Waals surface area contributed by atoms with Gasteiger partial charge < -0.3 is 10.6 Å². The molecule has 3 aromatic rings. The molecule has 0 unspecified atom stereocenters. The lowest BCUT2D eigenvalue weighted by molar-refractivity contribution is -0.136. The molecule has 1 aliphatic heterocycles. The maximum Gasteiger partial charge on any atom is 0.313 e. The highest BCUT2D eigenvalue weighted by Gasteiger charge is 2.26. The minimum Gasteiger partial charge on any atom is -0.346 e. The quantitative estimate of drug-likeness (QED) is 0.625. The maximum atomic E-state index is 13.0. The second kappa shape index (κ2) is 9.49. The second-order valence-corrected chi connectivity index (χ2v) is 7.46. The van der Waals surface area contributed by atoms with E-state index in [0.717, 1.165) is 25.1 Å². The molecule has 2 amide bonds. The monoisotopic (exact) mass is 418 g/mol. The minimum atomic E-state index is -0.791. The van der Waals surface area contributed by atoms with Crippen LogP contribution in [-0.4, -0.2) is 34.8 Å². The van der Waals surface area contributed by atoms with Crippen LogP contribution in [0.5, 0.6) is 0 Å². The number of halogens is 1. The van der Waals surface area contributed by atoms with E-state index in [1.807, 2.05) is 24.3 Å². The van der Waals surface area contributed by atoms with Crippen molar-refractivity contribution in [2.24, 2.45) is 0 Å². The first-order valence-corrected chi connectivity index (χ1v) is 10.2. The highest BCUT2D eigenvalue weighted by Crippen LogP contribution is 2.27. The Morgan fingerprint density at radius 3 is 2.52 bits per heavy atom. The van der Waals surface area contributed by atoms with Crippen LogP contribution in [0.4, 0.5) is 10.1 Å². The van der Waals surface area contributed by atoms with E-state index in [9.17, 15) is 14.0 Å². The van der Waals surface area contributed by atoms with Crippen molar-refractivity contribution >= 4 is 17.5 Å². The van der Waals surface area contributed by atoms with Gasteiger partial charge in [0.1, 0.15) is 5.82 Å². The summed E-state index contributed by atoms with van der Waals surface area (Å²) in [5.41, 5.74) is 3.94. The van der Waals surface area contributed by atoms with E-state index in [1.165, 1.54) is 35.4 Å². The molecular weight excluding hydrogens is 395 g/mol. The zero-order chi connectivity index (χ0) is 21.6. The van der Waals surface area contributed by atoms with Crippen molar-refractivity contribution < 1.29 is 14.0 Å². The Balaban J connectivity index is 1.44. The molecule has 0 bridgehead atoms. The number of carbonyl (C=O) groups excluding carboxylic acids is 2. The van der Waals surface area contributed by atoms with Crippen molar-refractivity contribution in [2.45, 2.75) is 19.0 Å². The Hall–Kier alpha value is -3.58. The summed E-state index contributed by atoms with van der Waals surface area (Å²) in [5, 5.41) is 5.22. The van der Waals surface area contributed by atoms with Crippen LogP contribution in [0, 0.1) is 5.82 Å². The Morgan fingerprint density at radius 1 is 1.00 bits per heavy atom. The third kappa shape index (κ3) is 5.13. The Labute approximate surface area is 180 Å². The van der Waals surface area contributed by atoms with Gasteiger partial charge in [-0.2, -0.15) is 0 Å². The fourth-order valence-corrected chi connectivity index (χ4v) is 3.81. The van der Waals surface area contributed by atoms with Crippen molar-refractivity contribution in [1.29, 1.82) is 0 Å². The summed E-state index contributed by atoms with van der Waals surface area (Å²) in [6, 6.07) is 17.3. The SMILES string of the molecule is O=C(NC[C@@H](c1cccnc1)N1CCc2ccccc2C1)C(=O)Nc1ccc(F)cc1. The number of nitrogens with zero attached hydrogens (tertiary/aromatic N) is 2. The number of hydrogen-bond acceptors (Lipinski definition) is 4. The Bertz CT molecular complexity index is 1060. The molecule has 0 saturated carbocycles. The molecule has 2 aromatic carbocycles. The van der Waals surface area contributed by atoms with Crippen LogP contribution in [0.1, 0.15) is 22.7 Å². The molecular formula is C24H23FN4O2. The summed E-state index contributed by atoms with van der Waals surface area (Å²) in [4.78, 5) is 31.2. The van der Waals surface area contributed by atoms with Gasteiger partial charge in [0.15, 0.2) is 0 Å². The van der Waals surface area contributed by atoms with Crippen molar-refractivity contribution in [3.05, 3.63) is 95.6 Å². The van der Waals surface area contributed by atoms with Crippen LogP contribution < -0.4 is 10.6 Å². The van der Waals surface area contributed by atoms with Crippen molar-refractivity contribution in [2.75, 3.05) is 18.4 Å². The number of amides is 2. The van der Waals surface area contributed by atoms with Gasteiger partial charge >= 0.3 is 11.8 Å². The van der Waals surface area contributed by atoms with E-state index in [0.29, 0.717) is 5.69 Å². The topological polar surface area (TPSA) is 74.3 Å². The predicted molar refractivity (Wildman–Crippen MR) is 116 cm³/mol. The van der Waals surface area contributed by atoms with Gasteiger partial charge in [-0.1, -0.05) is 30.3 Å². The first-order chi connectivity index (χ1) is 15.1. The number of pyridine rings is 1. The summed E-state index contributed by atoms with van der Waals surface area (Å²) in [6.45, 7) is 1.87. The van der Waals surface area contributed by atoms with E-state index in [2.05, 4.69) is 32.7 Å². The van der Waals surface area contributed by atoms with Gasteiger partial charge in [-0.05, 0) is 53.4 Å². The Morgan fingerprint density at radius 2 is 1.77 bits per heavy atom. The van der Waals surface area contributed by atoms with Crippen molar-refractivity contribution in [3.63, 3.8) is 0 Å². The van der Waals surface area contributed by atoms with E-state index < -0.39 is 17.6 Å². The first kappa shape index (κ1) is 20.7. The molecule has 0 spiro atoms. The van der Waals surface area contributed by atoms with E-state index >= 15 is 0 Å². The van der Waals surface area contributed by atoms with Crippen LogP contribution in [-0.2, 0) is 22.6 Å². The average Bonchev–Trinajstić information content (AvgIpc) is 2.81. The first-order valence-electron chi connectivity index (χ1n) is 10.2. The molecule has 0 aliphatic carbocycles.